The largest absolute Gasteiger partial charge is 0.497 e. The number of rotatable bonds is 8. The van der Waals surface area contributed by atoms with Crippen molar-refractivity contribution >= 4 is 5.91 Å². The molecule has 0 unspecified atom stereocenters. The van der Waals surface area contributed by atoms with Crippen molar-refractivity contribution < 1.29 is 18.4 Å². The molecular weight excluding hydrogens is 373 g/mol. The van der Waals surface area contributed by atoms with Crippen LogP contribution >= 0.6 is 0 Å². The van der Waals surface area contributed by atoms with Crippen LogP contribution in [0.25, 0.3) is 11.4 Å². The minimum atomic E-state index is -0.319. The molecule has 0 saturated heterocycles. The van der Waals surface area contributed by atoms with Crippen LogP contribution in [0.2, 0.25) is 0 Å². The number of carbonyl (C=O) groups excluding carboxylic acids is 1. The van der Waals surface area contributed by atoms with Crippen molar-refractivity contribution in [3.8, 4) is 17.1 Å². The van der Waals surface area contributed by atoms with Gasteiger partial charge in [0.1, 0.15) is 11.6 Å². The summed E-state index contributed by atoms with van der Waals surface area (Å²) in [5.41, 5.74) is 1.74. The van der Waals surface area contributed by atoms with Gasteiger partial charge in [-0.3, -0.25) is 4.79 Å². The molecule has 4 rings (SSSR count). The van der Waals surface area contributed by atoms with Crippen molar-refractivity contribution in [3.05, 3.63) is 65.8 Å². The van der Waals surface area contributed by atoms with Gasteiger partial charge in [0.25, 0.3) is 0 Å². The third-order valence-electron chi connectivity index (χ3n) is 4.94. The van der Waals surface area contributed by atoms with Crippen LogP contribution in [-0.4, -0.2) is 34.1 Å². The van der Waals surface area contributed by atoms with Crippen molar-refractivity contribution in [3.63, 3.8) is 0 Å². The average Bonchev–Trinajstić information content (AvgIpc) is 3.48. The number of halogens is 1. The SMILES string of the molecule is COc1ccc(CN(C(=O)CCc2nc(-c3ccc(F)cc3)no2)C2CC2)cc1. The molecule has 1 aliphatic rings. The van der Waals surface area contributed by atoms with Crippen molar-refractivity contribution in [1.29, 1.82) is 0 Å². The Bertz CT molecular complexity index is 966. The summed E-state index contributed by atoms with van der Waals surface area (Å²) >= 11 is 0. The highest BCUT2D eigenvalue weighted by Gasteiger charge is 2.32. The predicted molar refractivity (Wildman–Crippen MR) is 105 cm³/mol. The molecule has 1 amide bonds. The van der Waals surface area contributed by atoms with Gasteiger partial charge in [-0.1, -0.05) is 17.3 Å². The number of benzene rings is 2. The normalized spacial score (nSPS) is 13.3. The predicted octanol–water partition coefficient (Wildman–Crippen LogP) is 4.01. The quantitative estimate of drug-likeness (QED) is 0.577. The minimum Gasteiger partial charge on any atom is -0.497 e. The van der Waals surface area contributed by atoms with Gasteiger partial charge in [0.15, 0.2) is 0 Å². The third kappa shape index (κ3) is 4.80. The van der Waals surface area contributed by atoms with Crippen LogP contribution in [0.1, 0.15) is 30.7 Å². The van der Waals surface area contributed by atoms with E-state index in [0.717, 1.165) is 24.2 Å². The van der Waals surface area contributed by atoms with Gasteiger partial charge >= 0.3 is 0 Å². The first kappa shape index (κ1) is 19.1. The Labute approximate surface area is 168 Å². The van der Waals surface area contributed by atoms with Gasteiger partial charge in [0.2, 0.25) is 17.6 Å². The Kier molecular flexibility index (Phi) is 5.55. The van der Waals surface area contributed by atoms with Gasteiger partial charge in [0, 0.05) is 31.0 Å². The molecule has 0 aliphatic heterocycles. The summed E-state index contributed by atoms with van der Waals surface area (Å²) in [7, 11) is 1.63. The summed E-state index contributed by atoms with van der Waals surface area (Å²) in [4.78, 5) is 19.1. The van der Waals surface area contributed by atoms with E-state index in [0.29, 0.717) is 42.7 Å². The summed E-state index contributed by atoms with van der Waals surface area (Å²) in [6.07, 6.45) is 2.75. The number of methoxy groups -OCH3 is 1. The minimum absolute atomic E-state index is 0.0739. The van der Waals surface area contributed by atoms with Crippen LogP contribution in [0.5, 0.6) is 5.75 Å². The first-order valence-corrected chi connectivity index (χ1v) is 9.63. The number of hydrogen-bond acceptors (Lipinski definition) is 5. The molecule has 0 bridgehead atoms. The number of nitrogens with zero attached hydrogens (tertiary/aromatic N) is 3. The third-order valence-corrected chi connectivity index (χ3v) is 4.94. The lowest BCUT2D eigenvalue weighted by molar-refractivity contribution is -0.132. The average molecular weight is 395 g/mol. The second-order valence-electron chi connectivity index (χ2n) is 7.12. The Hall–Kier alpha value is -3.22. The number of aromatic nitrogens is 2. The van der Waals surface area contributed by atoms with Crippen LogP contribution in [0.4, 0.5) is 4.39 Å². The number of hydrogen-bond donors (Lipinski definition) is 0. The summed E-state index contributed by atoms with van der Waals surface area (Å²) in [6.45, 7) is 0.582. The molecule has 3 aromatic rings. The Morgan fingerprint density at radius 1 is 1.17 bits per heavy atom. The van der Waals surface area contributed by atoms with E-state index in [2.05, 4.69) is 10.1 Å². The molecule has 0 N–H and O–H groups in total. The van der Waals surface area contributed by atoms with E-state index in [-0.39, 0.29) is 11.7 Å². The van der Waals surface area contributed by atoms with Gasteiger partial charge < -0.3 is 14.2 Å². The highest BCUT2D eigenvalue weighted by molar-refractivity contribution is 5.77. The maximum absolute atomic E-state index is 13.0. The molecule has 1 heterocycles. The number of aryl methyl sites for hydroxylation is 1. The molecule has 1 aromatic heterocycles. The van der Waals surface area contributed by atoms with Crippen molar-refractivity contribution in [2.45, 2.75) is 38.3 Å². The van der Waals surface area contributed by atoms with Gasteiger partial charge in [-0.25, -0.2) is 4.39 Å². The van der Waals surface area contributed by atoms with E-state index >= 15 is 0 Å². The fourth-order valence-corrected chi connectivity index (χ4v) is 3.16. The number of ether oxygens (including phenoxy) is 1. The van der Waals surface area contributed by atoms with Crippen LogP contribution in [0, 0.1) is 5.82 Å². The van der Waals surface area contributed by atoms with Crippen molar-refractivity contribution in [2.75, 3.05) is 7.11 Å². The Morgan fingerprint density at radius 2 is 1.90 bits per heavy atom. The topological polar surface area (TPSA) is 68.5 Å². The molecule has 0 radical (unpaired) electrons. The zero-order valence-corrected chi connectivity index (χ0v) is 16.2. The molecule has 1 aliphatic carbocycles. The standard InChI is InChI=1S/C22H22FN3O3/c1-28-19-10-2-15(3-11-19)14-26(18-8-9-18)21(27)13-12-20-24-22(25-29-20)16-4-6-17(23)7-5-16/h2-7,10-11,18H,8-9,12-14H2,1H3. The second-order valence-corrected chi connectivity index (χ2v) is 7.12. The maximum atomic E-state index is 13.0. The molecular formula is C22H22FN3O3. The van der Waals surface area contributed by atoms with Gasteiger partial charge in [-0.2, -0.15) is 4.98 Å². The van der Waals surface area contributed by atoms with Gasteiger partial charge in [-0.05, 0) is 54.8 Å². The molecule has 6 nitrogen and oxygen atoms in total. The molecule has 1 saturated carbocycles. The summed E-state index contributed by atoms with van der Waals surface area (Å²) in [5, 5.41) is 3.93. The molecule has 7 heteroatoms. The smallest absolute Gasteiger partial charge is 0.227 e. The first-order valence-electron chi connectivity index (χ1n) is 9.63. The zero-order valence-electron chi connectivity index (χ0n) is 16.2. The monoisotopic (exact) mass is 395 g/mol. The molecule has 1 fully saturated rings. The van der Waals surface area contributed by atoms with Crippen LogP contribution in [0.15, 0.2) is 53.1 Å². The van der Waals surface area contributed by atoms with Gasteiger partial charge in [0.05, 0.1) is 7.11 Å². The van der Waals surface area contributed by atoms with E-state index < -0.39 is 0 Å². The lowest BCUT2D eigenvalue weighted by Gasteiger charge is -2.22. The molecule has 2 aromatic carbocycles. The fourth-order valence-electron chi connectivity index (χ4n) is 3.16. The Balaban J connectivity index is 1.36. The van der Waals surface area contributed by atoms with Crippen LogP contribution in [0.3, 0.4) is 0 Å². The van der Waals surface area contributed by atoms with Crippen molar-refractivity contribution in [1.82, 2.24) is 15.0 Å². The molecule has 29 heavy (non-hydrogen) atoms. The number of carbonyl (C=O) groups is 1. The zero-order chi connectivity index (χ0) is 20.2. The lowest BCUT2D eigenvalue weighted by atomic mass is 10.2. The number of amides is 1. The first-order chi connectivity index (χ1) is 14.1. The van der Waals surface area contributed by atoms with E-state index in [9.17, 15) is 9.18 Å². The summed E-state index contributed by atoms with van der Waals surface area (Å²) < 4.78 is 23.5. The fraction of sp³-hybridized carbons (Fsp3) is 0.318. The second kappa shape index (κ2) is 8.43. The van der Waals surface area contributed by atoms with E-state index in [4.69, 9.17) is 9.26 Å². The van der Waals surface area contributed by atoms with Crippen molar-refractivity contribution in [2.24, 2.45) is 0 Å². The van der Waals surface area contributed by atoms with E-state index in [1.165, 1.54) is 12.1 Å². The molecule has 0 atom stereocenters. The maximum Gasteiger partial charge on any atom is 0.227 e. The van der Waals surface area contributed by atoms with Crippen LogP contribution in [-0.2, 0) is 17.8 Å². The lowest BCUT2D eigenvalue weighted by Crippen LogP contribution is -2.32. The summed E-state index contributed by atoms with van der Waals surface area (Å²) in [6, 6.07) is 14.0. The highest BCUT2D eigenvalue weighted by Crippen LogP contribution is 2.29. The van der Waals surface area contributed by atoms with E-state index in [1.807, 2.05) is 29.2 Å². The molecule has 150 valence electrons. The Morgan fingerprint density at radius 3 is 2.55 bits per heavy atom. The van der Waals surface area contributed by atoms with Crippen LogP contribution < -0.4 is 4.74 Å². The molecule has 0 spiro atoms. The van der Waals surface area contributed by atoms with E-state index in [1.54, 1.807) is 19.2 Å². The summed E-state index contributed by atoms with van der Waals surface area (Å²) in [5.74, 6) is 1.35. The highest BCUT2D eigenvalue weighted by atomic mass is 19.1. The van der Waals surface area contributed by atoms with Gasteiger partial charge in [-0.15, -0.1) is 0 Å².